The second kappa shape index (κ2) is 5.95. The molecule has 1 aromatic carbocycles. The summed E-state index contributed by atoms with van der Waals surface area (Å²) in [5.41, 5.74) is 0.203. The second-order valence-electron chi connectivity index (χ2n) is 5.71. The quantitative estimate of drug-likeness (QED) is 0.501. The molecule has 0 aliphatic heterocycles. The fourth-order valence-electron chi connectivity index (χ4n) is 2.71. The lowest BCUT2D eigenvalue weighted by molar-refractivity contribution is 0.491. The lowest BCUT2D eigenvalue weighted by Crippen LogP contribution is -2.37. The van der Waals surface area contributed by atoms with E-state index >= 15 is 0 Å². The molecule has 0 amide bonds. The summed E-state index contributed by atoms with van der Waals surface area (Å²) in [6.07, 6.45) is 0. The molecule has 3 aromatic heterocycles. The number of hydrogen-bond donors (Lipinski definition) is 0. The molecule has 3 heterocycles. The highest BCUT2D eigenvalue weighted by molar-refractivity contribution is 6.29. The lowest BCUT2D eigenvalue weighted by Gasteiger charge is -2.05. The van der Waals surface area contributed by atoms with Crippen LogP contribution in [-0.4, -0.2) is 28.9 Å². The van der Waals surface area contributed by atoms with Gasteiger partial charge in [-0.3, -0.25) is 18.5 Å². The average molecular weight is 373 g/mol. The van der Waals surface area contributed by atoms with Gasteiger partial charge in [0.05, 0.1) is 0 Å². The number of halogens is 1. The molecule has 0 fully saturated rings. The van der Waals surface area contributed by atoms with E-state index in [2.05, 4.69) is 15.2 Å². The maximum absolute atomic E-state index is 12.5. The minimum atomic E-state index is -0.495. The molecule has 0 aliphatic rings. The van der Waals surface area contributed by atoms with Gasteiger partial charge >= 0.3 is 5.69 Å². The second-order valence-corrected chi connectivity index (χ2v) is 6.05. The maximum Gasteiger partial charge on any atom is 0.332 e. The van der Waals surface area contributed by atoms with Gasteiger partial charge in [0.25, 0.3) is 5.56 Å². The van der Waals surface area contributed by atoms with Crippen LogP contribution in [0.2, 0.25) is 5.28 Å². The molecule has 0 unspecified atom stereocenters. The molecule has 0 aliphatic carbocycles. The average Bonchev–Trinajstić information content (AvgIpc) is 3.25. The van der Waals surface area contributed by atoms with Gasteiger partial charge in [-0.1, -0.05) is 18.2 Å². The summed E-state index contributed by atoms with van der Waals surface area (Å²) in [5, 5.41) is 8.08. The standard InChI is InChI=1S/C16H13ClN6O3/c1-21-12-11(14(24)22(2)16(21)25)23(15(17)18-12)8-10-19-20-13(26-10)9-6-4-3-5-7-9/h3-7H,8H2,1-2H3. The van der Waals surface area contributed by atoms with Crippen molar-refractivity contribution in [2.24, 2.45) is 14.1 Å². The van der Waals surface area contributed by atoms with E-state index in [0.29, 0.717) is 5.89 Å². The molecular formula is C16H13ClN6O3. The molecule has 0 radical (unpaired) electrons. The molecule has 9 nitrogen and oxygen atoms in total. The highest BCUT2D eigenvalue weighted by atomic mass is 35.5. The summed E-state index contributed by atoms with van der Waals surface area (Å²) < 4.78 is 9.38. The van der Waals surface area contributed by atoms with E-state index in [9.17, 15) is 9.59 Å². The minimum Gasteiger partial charge on any atom is -0.419 e. The number of hydrogen-bond acceptors (Lipinski definition) is 6. The van der Waals surface area contributed by atoms with Crippen LogP contribution in [0.4, 0.5) is 0 Å². The first kappa shape index (κ1) is 16.3. The van der Waals surface area contributed by atoms with Crippen LogP contribution >= 0.6 is 11.6 Å². The molecule has 10 heteroatoms. The highest BCUT2D eigenvalue weighted by Crippen LogP contribution is 2.20. The van der Waals surface area contributed by atoms with Gasteiger partial charge in [-0.25, -0.2) is 4.79 Å². The Kier molecular flexibility index (Phi) is 3.73. The fraction of sp³-hybridized carbons (Fsp3) is 0.188. The monoisotopic (exact) mass is 372 g/mol. The summed E-state index contributed by atoms with van der Waals surface area (Å²) in [5.74, 6) is 0.627. The Hall–Kier alpha value is -3.20. The van der Waals surface area contributed by atoms with Crippen molar-refractivity contribution in [2.45, 2.75) is 6.54 Å². The first-order valence-corrected chi connectivity index (χ1v) is 8.04. The number of nitrogens with zero attached hydrogens (tertiary/aromatic N) is 6. The first-order valence-electron chi connectivity index (χ1n) is 7.67. The molecule has 4 aromatic rings. The Morgan fingerprint density at radius 1 is 1.08 bits per heavy atom. The molecule has 4 rings (SSSR count). The van der Waals surface area contributed by atoms with E-state index in [-0.39, 0.29) is 28.9 Å². The van der Waals surface area contributed by atoms with Crippen LogP contribution in [0.3, 0.4) is 0 Å². The van der Waals surface area contributed by atoms with Crippen LogP contribution in [0.5, 0.6) is 0 Å². The number of aryl methyl sites for hydroxylation is 1. The largest absolute Gasteiger partial charge is 0.419 e. The molecule has 0 saturated carbocycles. The predicted octanol–water partition coefficient (Wildman–Crippen LogP) is 1.19. The Balaban J connectivity index is 1.82. The molecule has 0 atom stereocenters. The highest BCUT2D eigenvalue weighted by Gasteiger charge is 2.20. The van der Waals surface area contributed by atoms with Gasteiger partial charge in [-0.15, -0.1) is 10.2 Å². The van der Waals surface area contributed by atoms with Gasteiger partial charge in [0, 0.05) is 19.7 Å². The van der Waals surface area contributed by atoms with Crippen LogP contribution in [-0.2, 0) is 20.6 Å². The van der Waals surface area contributed by atoms with Crippen molar-refractivity contribution in [1.82, 2.24) is 28.9 Å². The van der Waals surface area contributed by atoms with Crippen LogP contribution in [0.1, 0.15) is 5.89 Å². The third kappa shape index (κ3) is 2.44. The summed E-state index contributed by atoms with van der Waals surface area (Å²) in [6, 6.07) is 9.32. The summed E-state index contributed by atoms with van der Waals surface area (Å²) in [6.45, 7) is 0.0581. The van der Waals surface area contributed by atoms with Crippen molar-refractivity contribution < 1.29 is 4.42 Å². The van der Waals surface area contributed by atoms with Crippen molar-refractivity contribution in [1.29, 1.82) is 0 Å². The minimum absolute atomic E-state index is 0.0535. The Labute approximate surface area is 151 Å². The number of rotatable bonds is 3. The SMILES string of the molecule is Cn1c(=O)c2c(nc(Cl)n2Cc2nnc(-c3ccccc3)o2)n(C)c1=O. The molecule has 0 spiro atoms. The van der Waals surface area contributed by atoms with Gasteiger partial charge in [0.1, 0.15) is 6.54 Å². The molecular weight excluding hydrogens is 360 g/mol. The summed E-state index contributed by atoms with van der Waals surface area (Å²) >= 11 is 6.19. The number of fused-ring (bicyclic) bond motifs is 1. The van der Waals surface area contributed by atoms with Crippen LogP contribution < -0.4 is 11.2 Å². The van der Waals surface area contributed by atoms with Gasteiger partial charge in [0.2, 0.25) is 17.1 Å². The zero-order valence-corrected chi connectivity index (χ0v) is 14.6. The first-order chi connectivity index (χ1) is 12.5. The molecule has 0 saturated heterocycles. The summed E-state index contributed by atoms with van der Waals surface area (Å²) in [4.78, 5) is 28.7. The van der Waals surface area contributed by atoms with E-state index in [1.807, 2.05) is 30.3 Å². The lowest BCUT2D eigenvalue weighted by atomic mass is 10.2. The van der Waals surface area contributed by atoms with Crippen LogP contribution in [0.15, 0.2) is 44.3 Å². The van der Waals surface area contributed by atoms with E-state index in [0.717, 1.165) is 10.1 Å². The summed E-state index contributed by atoms with van der Waals surface area (Å²) in [7, 11) is 2.92. The van der Waals surface area contributed by atoms with E-state index < -0.39 is 11.2 Å². The Morgan fingerprint density at radius 2 is 1.81 bits per heavy atom. The Bertz CT molecular complexity index is 1230. The molecule has 0 N–H and O–H groups in total. The number of benzene rings is 1. The number of imidazole rings is 1. The zero-order chi connectivity index (χ0) is 18.4. The number of aromatic nitrogens is 6. The fourth-order valence-corrected chi connectivity index (χ4v) is 2.94. The van der Waals surface area contributed by atoms with Crippen molar-refractivity contribution in [3.63, 3.8) is 0 Å². The smallest absolute Gasteiger partial charge is 0.332 e. The van der Waals surface area contributed by atoms with E-state index in [1.54, 1.807) is 0 Å². The topological polar surface area (TPSA) is 101 Å². The molecule has 132 valence electrons. The van der Waals surface area contributed by atoms with Crippen molar-refractivity contribution in [3.05, 3.63) is 62.3 Å². The van der Waals surface area contributed by atoms with E-state index in [4.69, 9.17) is 16.0 Å². The van der Waals surface area contributed by atoms with Crippen molar-refractivity contribution in [2.75, 3.05) is 0 Å². The van der Waals surface area contributed by atoms with Crippen molar-refractivity contribution in [3.8, 4) is 11.5 Å². The predicted molar refractivity (Wildman–Crippen MR) is 94.1 cm³/mol. The maximum atomic E-state index is 12.5. The van der Waals surface area contributed by atoms with Gasteiger partial charge in [-0.05, 0) is 23.7 Å². The van der Waals surface area contributed by atoms with Gasteiger partial charge < -0.3 is 4.42 Å². The Morgan fingerprint density at radius 3 is 2.54 bits per heavy atom. The van der Waals surface area contributed by atoms with Crippen LogP contribution in [0.25, 0.3) is 22.6 Å². The third-order valence-corrected chi connectivity index (χ3v) is 4.37. The van der Waals surface area contributed by atoms with Gasteiger partial charge in [0.15, 0.2) is 11.2 Å². The van der Waals surface area contributed by atoms with Crippen LogP contribution in [0, 0.1) is 0 Å². The van der Waals surface area contributed by atoms with Gasteiger partial charge in [-0.2, -0.15) is 4.98 Å². The third-order valence-electron chi connectivity index (χ3n) is 4.08. The van der Waals surface area contributed by atoms with Crippen molar-refractivity contribution >= 4 is 22.8 Å². The zero-order valence-electron chi connectivity index (χ0n) is 13.9. The normalized spacial score (nSPS) is 11.3. The van der Waals surface area contributed by atoms with E-state index in [1.165, 1.54) is 23.2 Å². The molecule has 26 heavy (non-hydrogen) atoms. The molecule has 0 bridgehead atoms.